The fourth-order valence-corrected chi connectivity index (χ4v) is 10.5. The zero-order valence-corrected chi connectivity index (χ0v) is 39.2. The van der Waals surface area contributed by atoms with Crippen LogP contribution in [0.2, 0.25) is 0 Å². The summed E-state index contributed by atoms with van der Waals surface area (Å²) >= 11 is 0. The molecule has 3 rings (SSSR count). The Morgan fingerprint density at radius 2 is 0.949 bits per heavy atom. The minimum atomic E-state index is -0.399. The average molecular weight is 824 g/mol. The Hall–Kier alpha value is -1.24. The predicted molar refractivity (Wildman–Crippen MR) is 254 cm³/mol. The highest BCUT2D eigenvalue weighted by Gasteiger charge is 2.54. The molecule has 2 saturated carbocycles. The van der Waals surface area contributed by atoms with Gasteiger partial charge in [-0.15, -0.1) is 0 Å². The molecule has 0 bridgehead atoms. The number of aliphatic hydroxyl groups is 2. The largest absolute Gasteiger partial charge is 0.396 e. The molecule has 3 fully saturated rings. The van der Waals surface area contributed by atoms with Gasteiger partial charge in [0.2, 0.25) is 0 Å². The van der Waals surface area contributed by atoms with Crippen LogP contribution in [0, 0.1) is 11.3 Å². The minimum Gasteiger partial charge on any atom is -0.396 e. The molecule has 2 N–H and O–H groups in total. The van der Waals surface area contributed by atoms with Crippen LogP contribution in [-0.2, 0) is 9.47 Å². The molecule has 0 aromatic heterocycles. The van der Waals surface area contributed by atoms with E-state index in [2.05, 4.69) is 74.4 Å². The van der Waals surface area contributed by atoms with E-state index < -0.39 is 5.79 Å². The number of rotatable bonds is 36. The molecule has 1 aliphatic heterocycles. The average Bonchev–Trinajstić information content (AvgIpc) is 3.60. The van der Waals surface area contributed by atoms with E-state index in [-0.39, 0.29) is 25.4 Å². The van der Waals surface area contributed by atoms with Crippen molar-refractivity contribution in [2.75, 3.05) is 26.8 Å². The van der Waals surface area contributed by atoms with E-state index in [1.807, 2.05) is 0 Å². The Kier molecular flexibility index (Phi) is 29.4. The van der Waals surface area contributed by atoms with Gasteiger partial charge in [0.15, 0.2) is 5.79 Å². The van der Waals surface area contributed by atoms with Gasteiger partial charge in [-0.3, -0.25) is 0 Å². The third-order valence-electron chi connectivity index (χ3n) is 14.3. The summed E-state index contributed by atoms with van der Waals surface area (Å²) in [5.41, 5.74) is 0.448. The molecule has 342 valence electrons. The number of fused-ring (bicyclic) bond motifs is 1. The molecule has 0 radical (unpaired) electrons. The Morgan fingerprint density at radius 3 is 1.41 bits per heavy atom. The molecule has 5 nitrogen and oxygen atoms in total. The molecule has 1 unspecified atom stereocenters. The molecule has 0 amide bonds. The molecule has 1 heterocycles. The van der Waals surface area contributed by atoms with E-state index in [0.29, 0.717) is 23.9 Å². The molecule has 1 spiro atoms. The van der Waals surface area contributed by atoms with Gasteiger partial charge >= 0.3 is 0 Å². The van der Waals surface area contributed by atoms with E-state index in [9.17, 15) is 10.2 Å². The lowest BCUT2D eigenvalue weighted by Gasteiger charge is -2.44. The first-order valence-electron chi connectivity index (χ1n) is 25.9. The molecule has 3 aliphatic rings. The van der Waals surface area contributed by atoms with E-state index in [4.69, 9.17) is 9.47 Å². The van der Waals surface area contributed by atoms with Gasteiger partial charge < -0.3 is 24.6 Å². The maximum absolute atomic E-state index is 9.70. The van der Waals surface area contributed by atoms with Crippen LogP contribution in [0.5, 0.6) is 0 Å². The Bertz CT molecular complexity index is 1060. The van der Waals surface area contributed by atoms with Gasteiger partial charge in [0.1, 0.15) is 0 Å². The second-order valence-corrected chi connectivity index (χ2v) is 19.3. The summed E-state index contributed by atoms with van der Waals surface area (Å²) in [5, 5.41) is 19.3. The van der Waals surface area contributed by atoms with Crippen LogP contribution in [0.25, 0.3) is 0 Å². The zero-order valence-electron chi connectivity index (χ0n) is 39.2. The van der Waals surface area contributed by atoms with E-state index >= 15 is 0 Å². The second-order valence-electron chi connectivity index (χ2n) is 19.3. The third kappa shape index (κ3) is 22.1. The van der Waals surface area contributed by atoms with Crippen LogP contribution in [0.3, 0.4) is 0 Å². The maximum atomic E-state index is 9.70. The van der Waals surface area contributed by atoms with Crippen LogP contribution in [0.1, 0.15) is 232 Å². The number of ether oxygens (including phenoxy) is 2. The van der Waals surface area contributed by atoms with Gasteiger partial charge in [-0.05, 0) is 134 Å². The second kappa shape index (κ2) is 33.3. The van der Waals surface area contributed by atoms with E-state index in [1.165, 1.54) is 167 Å². The molecular weight excluding hydrogens is 727 g/mol. The number of allylic oxidation sites excluding steroid dienone is 8. The number of aliphatic hydroxyl groups excluding tert-OH is 2. The lowest BCUT2D eigenvalue weighted by atomic mass is 9.66. The van der Waals surface area contributed by atoms with Gasteiger partial charge in [0.25, 0.3) is 0 Å². The molecular formula is C54H97NO4. The number of hydrogen-bond acceptors (Lipinski definition) is 5. The van der Waals surface area contributed by atoms with Gasteiger partial charge in [-0.25, -0.2) is 0 Å². The summed E-state index contributed by atoms with van der Waals surface area (Å²) in [5.74, 6) is 0.0813. The minimum absolute atomic E-state index is 0.152. The molecule has 0 aromatic rings. The van der Waals surface area contributed by atoms with Crippen LogP contribution >= 0.6 is 0 Å². The Morgan fingerprint density at radius 1 is 0.508 bits per heavy atom. The van der Waals surface area contributed by atoms with Crippen molar-refractivity contribution in [3.05, 3.63) is 48.6 Å². The number of hydrogen-bond donors (Lipinski definition) is 2. The molecule has 2 aliphatic carbocycles. The first-order chi connectivity index (χ1) is 29.0. The first-order valence-corrected chi connectivity index (χ1v) is 25.9. The van der Waals surface area contributed by atoms with Crippen molar-refractivity contribution in [2.24, 2.45) is 11.3 Å². The fourth-order valence-electron chi connectivity index (χ4n) is 10.5. The van der Waals surface area contributed by atoms with Crippen LogP contribution < -0.4 is 0 Å². The fraction of sp³-hybridized carbons (Fsp3) is 0.852. The summed E-state index contributed by atoms with van der Waals surface area (Å²) in [6.07, 6.45) is 62.0. The number of likely N-dealkylation sites (N-methyl/N-ethyl adjacent to an activating group) is 1. The van der Waals surface area contributed by atoms with Gasteiger partial charge in [-0.2, -0.15) is 0 Å². The van der Waals surface area contributed by atoms with Crippen molar-refractivity contribution in [1.82, 2.24) is 4.90 Å². The Labute approximate surface area is 366 Å². The van der Waals surface area contributed by atoms with Crippen molar-refractivity contribution in [3.8, 4) is 0 Å². The Balaban J connectivity index is 1.40. The highest BCUT2D eigenvalue weighted by molar-refractivity contribution is 5.00. The SMILES string of the molecule is CCCCC/C=C\C/C=C\CCCCCCCCC1(CCCCCCCC/C=C\C/C=C\CCCCC)CCC2(CC1)O[C@H]1CC(N(C)CCO)[C@@H](CCCO)C[C@H]1O2. The predicted octanol–water partition coefficient (Wildman–Crippen LogP) is 14.9. The molecule has 4 atom stereocenters. The summed E-state index contributed by atoms with van der Waals surface area (Å²) in [6, 6.07) is 0.379. The van der Waals surface area contributed by atoms with Crippen LogP contribution in [-0.4, -0.2) is 66.0 Å². The zero-order chi connectivity index (χ0) is 42.1. The molecule has 0 aromatic carbocycles. The summed E-state index contributed by atoms with van der Waals surface area (Å²) < 4.78 is 14.0. The molecule has 59 heavy (non-hydrogen) atoms. The van der Waals surface area contributed by atoms with Crippen molar-refractivity contribution in [3.63, 3.8) is 0 Å². The summed E-state index contributed by atoms with van der Waals surface area (Å²) in [7, 11) is 2.15. The van der Waals surface area contributed by atoms with E-state index in [0.717, 1.165) is 51.4 Å². The third-order valence-corrected chi connectivity index (χ3v) is 14.3. The highest BCUT2D eigenvalue weighted by atomic mass is 16.8. The lowest BCUT2D eigenvalue weighted by molar-refractivity contribution is -0.208. The van der Waals surface area contributed by atoms with Crippen molar-refractivity contribution in [2.45, 2.75) is 256 Å². The molecule has 1 saturated heterocycles. The van der Waals surface area contributed by atoms with Gasteiger partial charge in [0, 0.05) is 32.0 Å². The van der Waals surface area contributed by atoms with Crippen molar-refractivity contribution < 1.29 is 19.7 Å². The number of nitrogens with zero attached hydrogens (tertiary/aromatic N) is 1. The van der Waals surface area contributed by atoms with Crippen LogP contribution in [0.15, 0.2) is 48.6 Å². The van der Waals surface area contributed by atoms with Crippen molar-refractivity contribution >= 4 is 0 Å². The highest BCUT2D eigenvalue weighted by Crippen LogP contribution is 2.54. The normalized spacial score (nSPS) is 23.0. The van der Waals surface area contributed by atoms with Gasteiger partial charge in [0.05, 0.1) is 18.8 Å². The van der Waals surface area contributed by atoms with Crippen molar-refractivity contribution in [1.29, 1.82) is 0 Å². The quantitative estimate of drug-likeness (QED) is 0.0487. The lowest BCUT2D eigenvalue weighted by Crippen LogP contribution is -2.48. The first kappa shape index (κ1) is 52.1. The van der Waals surface area contributed by atoms with Gasteiger partial charge in [-0.1, -0.05) is 152 Å². The maximum Gasteiger partial charge on any atom is 0.169 e. The standard InChI is InChI=1S/C54H97NO4/c1-4-6-8-10-12-14-16-18-20-22-24-26-28-30-32-34-38-53(39-35-33-31-29-27-25-23-21-19-17-15-13-11-9-7-5-2)40-42-54(43-41-53)58-51-47-49(37-36-45-56)50(48-52(51)59-54)55(3)44-46-57/h12-15,18-21,49-52,56-57H,4-11,16-17,22-48H2,1-3H3/b14-12-,15-13-,20-18-,21-19-/t49-,50?,51+,52-/m0/s1. The topological polar surface area (TPSA) is 62.2 Å². The summed E-state index contributed by atoms with van der Waals surface area (Å²) in [4.78, 5) is 2.33. The van der Waals surface area contributed by atoms with E-state index in [1.54, 1.807) is 0 Å². The molecule has 5 heteroatoms. The van der Waals surface area contributed by atoms with Crippen LogP contribution in [0.4, 0.5) is 0 Å². The number of unbranched alkanes of at least 4 members (excludes halogenated alkanes) is 18. The summed E-state index contributed by atoms with van der Waals surface area (Å²) in [6.45, 7) is 5.66. The smallest absolute Gasteiger partial charge is 0.169 e. The monoisotopic (exact) mass is 824 g/mol.